The number of alkyl halides is 2. The predicted octanol–water partition coefficient (Wildman–Crippen LogP) is 3.68. The van der Waals surface area contributed by atoms with E-state index in [2.05, 4.69) is 25.7 Å². The lowest BCUT2D eigenvalue weighted by Crippen LogP contribution is -2.39. The van der Waals surface area contributed by atoms with Crippen LogP contribution in [-0.4, -0.2) is 38.7 Å². The predicted molar refractivity (Wildman–Crippen MR) is 131 cm³/mol. The first-order valence-electron chi connectivity index (χ1n) is 9.96. The number of guanidine groups is 1. The number of nitrogens with zero attached hydrogens (tertiary/aromatic N) is 1. The Labute approximate surface area is 204 Å². The average Bonchev–Trinajstić information content (AvgIpc) is 2.77. The van der Waals surface area contributed by atoms with E-state index in [9.17, 15) is 13.6 Å². The summed E-state index contributed by atoms with van der Waals surface area (Å²) in [6.07, 6.45) is 0.260. The van der Waals surface area contributed by atoms with Crippen molar-refractivity contribution in [3.8, 4) is 11.5 Å². The number of ether oxygens (including phenoxy) is 2. The van der Waals surface area contributed by atoms with Crippen molar-refractivity contribution in [3.63, 3.8) is 0 Å². The van der Waals surface area contributed by atoms with Crippen LogP contribution in [0.2, 0.25) is 0 Å². The molecule has 3 N–H and O–H groups in total. The summed E-state index contributed by atoms with van der Waals surface area (Å²) < 4.78 is 35.0. The molecule has 0 saturated heterocycles. The van der Waals surface area contributed by atoms with Gasteiger partial charge in [-0.1, -0.05) is 30.3 Å². The Morgan fingerprint density at radius 2 is 1.84 bits per heavy atom. The smallest absolute Gasteiger partial charge is 0.387 e. The molecule has 0 aliphatic rings. The molecule has 0 aromatic heterocycles. The standard InChI is InChI=1S/C22H28F2N4O3.HI/c1-3-25-22(26-12-11-20(29)27-14-16-7-5-4-6-8-16)28-15-17-13-18(30-2)9-10-19(17)31-21(23)24;/h4-10,13,21H,3,11-12,14-15H2,1-2H3,(H,27,29)(H2,25,26,28);1H. The van der Waals surface area contributed by atoms with Crippen molar-refractivity contribution in [2.45, 2.75) is 33.0 Å². The normalized spacial score (nSPS) is 10.8. The highest BCUT2D eigenvalue weighted by molar-refractivity contribution is 14.0. The zero-order valence-corrected chi connectivity index (χ0v) is 20.4. The van der Waals surface area contributed by atoms with E-state index in [-0.39, 0.29) is 48.6 Å². The van der Waals surface area contributed by atoms with Gasteiger partial charge >= 0.3 is 6.61 Å². The number of amides is 1. The van der Waals surface area contributed by atoms with E-state index in [0.717, 1.165) is 5.56 Å². The molecular formula is C22H29F2IN4O3. The van der Waals surface area contributed by atoms with E-state index in [4.69, 9.17) is 4.74 Å². The number of nitrogens with one attached hydrogen (secondary N) is 3. The SMILES string of the molecule is CCNC(=NCc1cc(OC)ccc1OC(F)F)NCCC(=O)NCc1ccccc1.I. The molecule has 0 radical (unpaired) electrons. The summed E-state index contributed by atoms with van der Waals surface area (Å²) in [5, 5.41) is 8.99. The van der Waals surface area contributed by atoms with Gasteiger partial charge < -0.3 is 25.4 Å². The maximum Gasteiger partial charge on any atom is 0.387 e. The fourth-order valence-corrected chi connectivity index (χ4v) is 2.70. The van der Waals surface area contributed by atoms with Crippen molar-refractivity contribution in [2.75, 3.05) is 20.2 Å². The molecule has 0 aliphatic heterocycles. The van der Waals surface area contributed by atoms with Crippen LogP contribution in [0, 0.1) is 0 Å². The third-order valence-electron chi connectivity index (χ3n) is 4.21. The Kier molecular flexibility index (Phi) is 13.0. The lowest BCUT2D eigenvalue weighted by molar-refractivity contribution is -0.121. The first-order chi connectivity index (χ1) is 15.0. The van der Waals surface area contributed by atoms with Crippen molar-refractivity contribution in [1.82, 2.24) is 16.0 Å². The molecule has 2 aromatic carbocycles. The van der Waals surface area contributed by atoms with Gasteiger partial charge in [0, 0.05) is 31.6 Å². The van der Waals surface area contributed by atoms with Gasteiger partial charge in [-0.2, -0.15) is 8.78 Å². The summed E-state index contributed by atoms with van der Waals surface area (Å²) in [7, 11) is 1.49. The lowest BCUT2D eigenvalue weighted by atomic mass is 10.2. The molecule has 0 spiro atoms. The monoisotopic (exact) mass is 562 g/mol. The molecule has 1 amide bonds. The fraction of sp³-hybridized carbons (Fsp3) is 0.364. The van der Waals surface area contributed by atoms with Gasteiger partial charge in [0.1, 0.15) is 11.5 Å². The van der Waals surface area contributed by atoms with E-state index in [1.165, 1.54) is 13.2 Å². The minimum absolute atomic E-state index is 0. The molecule has 0 bridgehead atoms. The molecule has 2 rings (SSSR count). The van der Waals surface area contributed by atoms with Gasteiger partial charge in [-0.15, -0.1) is 24.0 Å². The van der Waals surface area contributed by atoms with Gasteiger partial charge in [0.15, 0.2) is 5.96 Å². The number of halogens is 3. The van der Waals surface area contributed by atoms with E-state index in [1.807, 2.05) is 37.3 Å². The van der Waals surface area contributed by atoms with E-state index < -0.39 is 6.61 Å². The number of carbonyl (C=O) groups is 1. The van der Waals surface area contributed by atoms with Crippen molar-refractivity contribution >= 4 is 35.8 Å². The number of aliphatic imine (C=N–C) groups is 1. The van der Waals surface area contributed by atoms with Crippen molar-refractivity contribution < 1.29 is 23.0 Å². The second-order valence-corrected chi connectivity index (χ2v) is 6.49. The molecule has 7 nitrogen and oxygen atoms in total. The summed E-state index contributed by atoms with van der Waals surface area (Å²) in [6, 6.07) is 14.2. The van der Waals surface area contributed by atoms with Crippen LogP contribution in [0.3, 0.4) is 0 Å². The van der Waals surface area contributed by atoms with Gasteiger partial charge in [-0.05, 0) is 30.7 Å². The second-order valence-electron chi connectivity index (χ2n) is 6.49. The second kappa shape index (κ2) is 15.2. The van der Waals surface area contributed by atoms with Crippen molar-refractivity contribution in [2.24, 2.45) is 4.99 Å². The van der Waals surface area contributed by atoms with Crippen molar-refractivity contribution in [1.29, 1.82) is 0 Å². The first-order valence-corrected chi connectivity index (χ1v) is 9.96. The van der Waals surface area contributed by atoms with Crippen molar-refractivity contribution in [3.05, 3.63) is 59.7 Å². The van der Waals surface area contributed by atoms with Crippen LogP contribution in [0.25, 0.3) is 0 Å². The number of benzene rings is 2. The van der Waals surface area contributed by atoms with Gasteiger partial charge in [-0.25, -0.2) is 4.99 Å². The number of hydrogen-bond acceptors (Lipinski definition) is 4. The summed E-state index contributed by atoms with van der Waals surface area (Å²) in [6.45, 7) is 0.499. The Hall–Kier alpha value is -2.63. The quantitative estimate of drug-likeness (QED) is 0.221. The zero-order chi connectivity index (χ0) is 22.5. The first kappa shape index (κ1) is 27.4. The third kappa shape index (κ3) is 10.1. The highest BCUT2D eigenvalue weighted by atomic mass is 127. The van der Waals surface area contributed by atoms with E-state index in [0.29, 0.717) is 36.9 Å². The summed E-state index contributed by atoms with van der Waals surface area (Å²) in [5.41, 5.74) is 1.48. The van der Waals surface area contributed by atoms with E-state index >= 15 is 0 Å². The molecule has 0 heterocycles. The summed E-state index contributed by atoms with van der Waals surface area (Å²) >= 11 is 0. The zero-order valence-electron chi connectivity index (χ0n) is 18.1. The Morgan fingerprint density at radius 1 is 1.09 bits per heavy atom. The number of methoxy groups -OCH3 is 1. The Morgan fingerprint density at radius 3 is 2.50 bits per heavy atom. The van der Waals surface area contributed by atoms with Crippen LogP contribution in [0.5, 0.6) is 11.5 Å². The Balaban J connectivity index is 0.00000512. The fourth-order valence-electron chi connectivity index (χ4n) is 2.70. The van der Waals surface area contributed by atoms with Crippen LogP contribution in [-0.2, 0) is 17.9 Å². The number of carbonyl (C=O) groups excluding carboxylic acids is 1. The minimum Gasteiger partial charge on any atom is -0.497 e. The maximum absolute atomic E-state index is 12.7. The summed E-state index contributed by atoms with van der Waals surface area (Å²) in [4.78, 5) is 16.4. The van der Waals surface area contributed by atoms with Crippen LogP contribution in [0.1, 0.15) is 24.5 Å². The maximum atomic E-state index is 12.7. The highest BCUT2D eigenvalue weighted by Gasteiger charge is 2.11. The van der Waals surface area contributed by atoms with Gasteiger partial charge in [0.05, 0.1) is 13.7 Å². The van der Waals surface area contributed by atoms with Crippen LogP contribution in [0.4, 0.5) is 8.78 Å². The van der Waals surface area contributed by atoms with Gasteiger partial charge in [0.2, 0.25) is 5.91 Å². The highest BCUT2D eigenvalue weighted by Crippen LogP contribution is 2.26. The van der Waals surface area contributed by atoms with Crippen LogP contribution < -0.4 is 25.4 Å². The summed E-state index contributed by atoms with van der Waals surface area (Å²) in [5.74, 6) is 0.923. The minimum atomic E-state index is -2.93. The Bertz CT molecular complexity index is 854. The molecule has 2 aromatic rings. The topological polar surface area (TPSA) is 84.0 Å². The molecule has 0 atom stereocenters. The van der Waals surface area contributed by atoms with Crippen LogP contribution in [0.15, 0.2) is 53.5 Å². The van der Waals surface area contributed by atoms with E-state index in [1.54, 1.807) is 12.1 Å². The molecule has 176 valence electrons. The van der Waals surface area contributed by atoms with Gasteiger partial charge in [-0.3, -0.25) is 4.79 Å². The van der Waals surface area contributed by atoms with Gasteiger partial charge in [0.25, 0.3) is 0 Å². The lowest BCUT2D eigenvalue weighted by Gasteiger charge is -2.13. The van der Waals surface area contributed by atoms with Crippen LogP contribution >= 0.6 is 24.0 Å². The molecule has 0 saturated carbocycles. The molecule has 10 heteroatoms. The molecule has 0 aliphatic carbocycles. The average molecular weight is 562 g/mol. The molecule has 32 heavy (non-hydrogen) atoms. The number of hydrogen-bond donors (Lipinski definition) is 3. The molecule has 0 unspecified atom stereocenters. The third-order valence-corrected chi connectivity index (χ3v) is 4.21. The molecule has 0 fully saturated rings. The number of rotatable bonds is 11. The molecular weight excluding hydrogens is 533 g/mol. The largest absolute Gasteiger partial charge is 0.497 e.